The van der Waals surface area contributed by atoms with Crippen LogP contribution in [0.15, 0.2) is 59.5 Å². The molecule has 0 radical (unpaired) electrons. The van der Waals surface area contributed by atoms with E-state index in [1.165, 1.54) is 12.1 Å². The summed E-state index contributed by atoms with van der Waals surface area (Å²) in [5, 5.41) is 25.4. The number of carbonyl (C=O) groups is 3. The van der Waals surface area contributed by atoms with Crippen LogP contribution >= 0.6 is 0 Å². The number of guanidine groups is 1. The molecule has 2 aliphatic rings. The summed E-state index contributed by atoms with van der Waals surface area (Å²) in [7, 11) is -3.90. The van der Waals surface area contributed by atoms with Crippen molar-refractivity contribution in [3.63, 3.8) is 0 Å². The zero-order valence-corrected chi connectivity index (χ0v) is 23.4. The van der Waals surface area contributed by atoms with Gasteiger partial charge in [0, 0.05) is 30.6 Å². The van der Waals surface area contributed by atoms with Gasteiger partial charge in [-0.1, -0.05) is 30.3 Å². The van der Waals surface area contributed by atoms with Gasteiger partial charge in [-0.25, -0.2) is 13.2 Å². The van der Waals surface area contributed by atoms with Gasteiger partial charge in [-0.05, 0) is 68.4 Å². The summed E-state index contributed by atoms with van der Waals surface area (Å²) in [4.78, 5) is 37.9. The first-order chi connectivity index (χ1) is 19.5. The van der Waals surface area contributed by atoms with Gasteiger partial charge in [-0.15, -0.1) is 0 Å². The Bertz CT molecular complexity index is 1360. The summed E-state index contributed by atoms with van der Waals surface area (Å²) in [5.74, 6) is -2.19. The van der Waals surface area contributed by atoms with E-state index in [-0.39, 0.29) is 41.7 Å². The van der Waals surface area contributed by atoms with Gasteiger partial charge in [0.1, 0.15) is 12.1 Å². The average molecular weight is 585 g/mol. The third kappa shape index (κ3) is 7.61. The van der Waals surface area contributed by atoms with Gasteiger partial charge >= 0.3 is 5.97 Å². The lowest BCUT2D eigenvalue weighted by molar-refractivity contribution is -0.142. The molecule has 1 aliphatic heterocycles. The van der Waals surface area contributed by atoms with Crippen molar-refractivity contribution in [2.75, 3.05) is 11.9 Å². The Hall–Kier alpha value is -3.97. The van der Waals surface area contributed by atoms with E-state index >= 15 is 0 Å². The first-order valence-electron chi connectivity index (χ1n) is 13.6. The molecule has 7 N–H and O–H groups in total. The summed E-state index contributed by atoms with van der Waals surface area (Å²) in [5.41, 5.74) is 6.59. The molecule has 1 heterocycles. The molecule has 0 spiro atoms. The van der Waals surface area contributed by atoms with Crippen molar-refractivity contribution in [2.45, 2.75) is 68.0 Å². The van der Waals surface area contributed by atoms with Gasteiger partial charge in [0.05, 0.1) is 4.90 Å². The molecule has 13 heteroatoms. The summed E-state index contributed by atoms with van der Waals surface area (Å²) < 4.78 is 27.4. The van der Waals surface area contributed by atoms with Crippen molar-refractivity contribution in [3.8, 4) is 0 Å². The Kier molecular flexibility index (Phi) is 9.61. The van der Waals surface area contributed by atoms with E-state index in [0.29, 0.717) is 36.9 Å². The fourth-order valence-electron chi connectivity index (χ4n) is 5.41. The molecule has 1 saturated heterocycles. The van der Waals surface area contributed by atoms with Gasteiger partial charge in [0.25, 0.3) is 0 Å². The van der Waals surface area contributed by atoms with E-state index in [1.807, 2.05) is 0 Å². The fraction of sp³-hybridized carbons (Fsp3) is 0.429. The number of rotatable bonds is 10. The Morgan fingerprint density at radius 3 is 2.24 bits per heavy atom. The van der Waals surface area contributed by atoms with Gasteiger partial charge in [0.2, 0.25) is 21.8 Å². The molecule has 2 amide bonds. The second-order valence-electron chi connectivity index (χ2n) is 10.5. The lowest BCUT2D eigenvalue weighted by Gasteiger charge is -2.28. The van der Waals surface area contributed by atoms with E-state index in [4.69, 9.17) is 11.1 Å². The maximum Gasteiger partial charge on any atom is 0.326 e. The Morgan fingerprint density at radius 2 is 1.63 bits per heavy atom. The maximum absolute atomic E-state index is 13.1. The first kappa shape index (κ1) is 30.0. The third-order valence-corrected chi connectivity index (χ3v) is 9.51. The highest BCUT2D eigenvalue weighted by Crippen LogP contribution is 2.27. The number of carboxylic acids is 1. The topological polar surface area (TPSA) is 195 Å². The summed E-state index contributed by atoms with van der Waals surface area (Å²) in [6, 6.07) is 12.4. The molecule has 4 rings (SSSR count). The zero-order valence-electron chi connectivity index (χ0n) is 22.6. The number of benzene rings is 2. The van der Waals surface area contributed by atoms with E-state index < -0.39 is 34.0 Å². The number of anilines is 1. The second kappa shape index (κ2) is 13.1. The van der Waals surface area contributed by atoms with Crippen LogP contribution in [0.25, 0.3) is 0 Å². The van der Waals surface area contributed by atoms with E-state index in [1.54, 1.807) is 42.5 Å². The van der Waals surface area contributed by atoms with Crippen LogP contribution in [0.4, 0.5) is 5.69 Å². The van der Waals surface area contributed by atoms with Crippen molar-refractivity contribution >= 4 is 39.5 Å². The van der Waals surface area contributed by atoms with Crippen LogP contribution in [0.2, 0.25) is 0 Å². The molecule has 2 fully saturated rings. The third-order valence-electron chi connectivity index (χ3n) is 7.59. The minimum Gasteiger partial charge on any atom is -0.480 e. The van der Waals surface area contributed by atoms with Crippen LogP contribution in [-0.2, 0) is 30.8 Å². The first-order valence-corrected chi connectivity index (χ1v) is 15.1. The zero-order chi connectivity index (χ0) is 29.6. The normalized spacial score (nSPS) is 21.9. The van der Waals surface area contributed by atoms with Crippen molar-refractivity contribution in [1.82, 2.24) is 14.9 Å². The van der Waals surface area contributed by atoms with Crippen molar-refractivity contribution in [2.24, 2.45) is 11.7 Å². The van der Waals surface area contributed by atoms with Gasteiger partial charge in [0.15, 0.2) is 5.96 Å². The molecule has 0 aromatic heterocycles. The van der Waals surface area contributed by atoms with E-state index in [0.717, 1.165) is 17.1 Å². The van der Waals surface area contributed by atoms with Crippen LogP contribution in [0.1, 0.15) is 44.1 Å². The minimum absolute atomic E-state index is 0.0133. The standard InChI is InChI=1S/C28H36N6O6S/c29-28(30)32-21-14-10-19(11-15-21)25(35)31-20-12-8-18(9-13-20)17-23(27(37)38)33-26(36)24-7-4-16-34(24)41(39,40)22-5-2-1-3-6-22/h1-3,5-6,8-9,12-13,19,21,23-24H,4,7,10-11,14-17H2,(H,31,35)(H,33,36)(H,37,38)(H4,29,30,32)/t19-,21+,23-,24-/m0/s1. The highest BCUT2D eigenvalue weighted by Gasteiger charge is 2.40. The molecule has 12 nitrogen and oxygen atoms in total. The lowest BCUT2D eigenvalue weighted by Crippen LogP contribution is -2.51. The molecule has 1 aliphatic carbocycles. The predicted molar refractivity (Wildman–Crippen MR) is 152 cm³/mol. The summed E-state index contributed by atoms with van der Waals surface area (Å²) in [6.07, 6.45) is 3.63. The second-order valence-corrected chi connectivity index (χ2v) is 12.4. The molecular formula is C28H36N6O6S. The highest BCUT2D eigenvalue weighted by atomic mass is 32.2. The quantitative estimate of drug-likeness (QED) is 0.179. The number of nitrogens with one attached hydrogen (secondary N) is 4. The summed E-state index contributed by atoms with van der Waals surface area (Å²) >= 11 is 0. The lowest BCUT2D eigenvalue weighted by atomic mass is 9.85. The summed E-state index contributed by atoms with van der Waals surface area (Å²) in [6.45, 7) is 0.178. The Morgan fingerprint density at radius 1 is 0.976 bits per heavy atom. The van der Waals surface area contributed by atoms with Gasteiger partial charge in [-0.2, -0.15) is 4.31 Å². The van der Waals surface area contributed by atoms with Crippen LogP contribution in [0, 0.1) is 11.3 Å². The van der Waals surface area contributed by atoms with Gasteiger partial charge in [-0.3, -0.25) is 15.0 Å². The molecule has 2 aromatic carbocycles. The molecule has 0 bridgehead atoms. The minimum atomic E-state index is -3.90. The maximum atomic E-state index is 13.1. The van der Waals surface area contributed by atoms with Crippen molar-refractivity contribution in [3.05, 3.63) is 60.2 Å². The van der Waals surface area contributed by atoms with Gasteiger partial charge < -0.3 is 26.8 Å². The molecule has 220 valence electrons. The number of hydrogen-bond donors (Lipinski definition) is 6. The molecule has 0 unspecified atom stereocenters. The van der Waals surface area contributed by atoms with Crippen LogP contribution in [-0.4, -0.2) is 66.2 Å². The van der Waals surface area contributed by atoms with Crippen LogP contribution in [0.5, 0.6) is 0 Å². The fourth-order valence-corrected chi connectivity index (χ4v) is 7.09. The number of amides is 2. The molecule has 2 aromatic rings. The number of aliphatic carboxylic acids is 1. The monoisotopic (exact) mass is 584 g/mol. The average Bonchev–Trinajstić information content (AvgIpc) is 3.45. The number of carboxylic acid groups (broad SMARTS) is 1. The number of nitrogens with zero attached hydrogens (tertiary/aromatic N) is 1. The molecule has 2 atom stereocenters. The number of sulfonamides is 1. The Labute approximate surface area is 239 Å². The highest BCUT2D eigenvalue weighted by molar-refractivity contribution is 7.89. The number of carbonyl (C=O) groups excluding carboxylic acids is 2. The van der Waals surface area contributed by atoms with Crippen molar-refractivity contribution in [1.29, 1.82) is 5.41 Å². The Balaban J connectivity index is 1.33. The number of nitrogens with two attached hydrogens (primary N) is 1. The smallest absolute Gasteiger partial charge is 0.326 e. The number of hydrogen-bond acceptors (Lipinski definition) is 6. The van der Waals surface area contributed by atoms with Crippen LogP contribution in [0.3, 0.4) is 0 Å². The molecule has 1 saturated carbocycles. The van der Waals surface area contributed by atoms with E-state index in [9.17, 15) is 27.9 Å². The van der Waals surface area contributed by atoms with Crippen LogP contribution < -0.4 is 21.7 Å². The predicted octanol–water partition coefficient (Wildman–Crippen LogP) is 1.63. The largest absolute Gasteiger partial charge is 0.480 e. The SMILES string of the molecule is N=C(N)N[C@H]1CC[C@@H](C(=O)Nc2ccc(C[C@H](NC(=O)[C@@H]3CCCN3S(=O)(=O)c3ccccc3)C(=O)O)cc2)CC1. The molecule has 41 heavy (non-hydrogen) atoms. The van der Waals surface area contributed by atoms with E-state index in [2.05, 4.69) is 16.0 Å². The molecular weight excluding hydrogens is 548 g/mol. The van der Waals surface area contributed by atoms with Crippen molar-refractivity contribution < 1.29 is 27.9 Å².